The maximum absolute atomic E-state index is 12.9. The van der Waals surface area contributed by atoms with Gasteiger partial charge < -0.3 is 15.5 Å². The molecule has 6 nitrogen and oxygen atoms in total. The van der Waals surface area contributed by atoms with E-state index in [0.29, 0.717) is 23.5 Å². The molecule has 1 aliphatic heterocycles. The summed E-state index contributed by atoms with van der Waals surface area (Å²) in [5.41, 5.74) is 2.88. The Bertz CT molecular complexity index is 874. The first-order chi connectivity index (χ1) is 12.9. The first-order valence-corrected chi connectivity index (χ1v) is 8.94. The van der Waals surface area contributed by atoms with Crippen molar-refractivity contribution in [2.75, 3.05) is 10.6 Å². The molecule has 0 fully saturated rings. The zero-order valence-corrected chi connectivity index (χ0v) is 15.7. The summed E-state index contributed by atoms with van der Waals surface area (Å²) in [7, 11) is 0. The van der Waals surface area contributed by atoms with Gasteiger partial charge in [0, 0.05) is 30.4 Å². The van der Waals surface area contributed by atoms with Crippen LogP contribution in [0.2, 0.25) is 0 Å². The monoisotopic (exact) mass is 365 g/mol. The number of hydrogen-bond donors (Lipinski definition) is 2. The molecule has 3 amide bonds. The van der Waals surface area contributed by atoms with Crippen LogP contribution in [0.3, 0.4) is 0 Å². The average Bonchev–Trinajstić information content (AvgIpc) is 2.93. The summed E-state index contributed by atoms with van der Waals surface area (Å²) in [5, 5.41) is 5.57. The van der Waals surface area contributed by atoms with E-state index in [1.807, 2.05) is 32.0 Å². The number of carbonyl (C=O) groups excluding carboxylic acids is 3. The Hall–Kier alpha value is -3.15. The molecule has 2 N–H and O–H groups in total. The van der Waals surface area contributed by atoms with Gasteiger partial charge in [-0.1, -0.05) is 32.0 Å². The number of anilines is 2. The quantitative estimate of drug-likeness (QED) is 0.854. The number of carbonyl (C=O) groups is 3. The summed E-state index contributed by atoms with van der Waals surface area (Å²) in [5.74, 6) is -0.528. The Labute approximate surface area is 158 Å². The minimum absolute atomic E-state index is 0.0399. The van der Waals surface area contributed by atoms with Gasteiger partial charge in [0.1, 0.15) is 6.04 Å². The van der Waals surface area contributed by atoms with Crippen molar-refractivity contribution in [2.24, 2.45) is 5.92 Å². The summed E-state index contributed by atoms with van der Waals surface area (Å²) in [6.45, 7) is 5.74. The minimum Gasteiger partial charge on any atom is -0.326 e. The summed E-state index contributed by atoms with van der Waals surface area (Å²) < 4.78 is 0. The predicted molar refractivity (Wildman–Crippen MR) is 104 cm³/mol. The number of amides is 3. The van der Waals surface area contributed by atoms with Crippen molar-refractivity contribution in [3.05, 3.63) is 59.7 Å². The molecular weight excluding hydrogens is 342 g/mol. The molecule has 0 saturated carbocycles. The van der Waals surface area contributed by atoms with Crippen LogP contribution in [-0.4, -0.2) is 28.7 Å². The highest BCUT2D eigenvalue weighted by molar-refractivity contribution is 6.03. The molecule has 140 valence electrons. The normalized spacial score (nSPS) is 14.1. The lowest BCUT2D eigenvalue weighted by Crippen LogP contribution is -2.47. The lowest BCUT2D eigenvalue weighted by atomic mass is 10.0. The Kier molecular flexibility index (Phi) is 5.26. The van der Waals surface area contributed by atoms with Crippen molar-refractivity contribution in [1.82, 2.24) is 4.90 Å². The molecule has 0 aromatic heterocycles. The van der Waals surface area contributed by atoms with Crippen molar-refractivity contribution in [2.45, 2.75) is 33.4 Å². The Balaban J connectivity index is 1.75. The second-order valence-corrected chi connectivity index (χ2v) is 7.03. The topological polar surface area (TPSA) is 78.5 Å². The Morgan fingerprint density at radius 1 is 0.963 bits per heavy atom. The van der Waals surface area contributed by atoms with Crippen LogP contribution in [0.1, 0.15) is 36.7 Å². The molecule has 0 spiro atoms. The fourth-order valence-electron chi connectivity index (χ4n) is 3.36. The molecule has 1 atom stereocenters. The number of nitrogens with zero attached hydrogens (tertiary/aromatic N) is 1. The van der Waals surface area contributed by atoms with Crippen LogP contribution in [0.15, 0.2) is 48.5 Å². The molecule has 6 heteroatoms. The van der Waals surface area contributed by atoms with E-state index in [9.17, 15) is 14.4 Å². The molecule has 0 unspecified atom stereocenters. The zero-order valence-electron chi connectivity index (χ0n) is 15.7. The smallest absolute Gasteiger partial charge is 0.255 e. The first-order valence-electron chi connectivity index (χ1n) is 8.94. The van der Waals surface area contributed by atoms with Gasteiger partial charge >= 0.3 is 0 Å². The third kappa shape index (κ3) is 4.00. The zero-order chi connectivity index (χ0) is 19.6. The molecule has 0 saturated heterocycles. The summed E-state index contributed by atoms with van der Waals surface area (Å²) in [6.07, 6.45) is 0. The van der Waals surface area contributed by atoms with E-state index in [2.05, 4.69) is 10.6 Å². The van der Waals surface area contributed by atoms with Crippen LogP contribution in [0.25, 0.3) is 0 Å². The average molecular weight is 365 g/mol. The highest BCUT2D eigenvalue weighted by Crippen LogP contribution is 2.27. The van der Waals surface area contributed by atoms with Gasteiger partial charge in [0.15, 0.2) is 0 Å². The molecular formula is C21H23N3O3. The fraction of sp³-hybridized carbons (Fsp3) is 0.286. The van der Waals surface area contributed by atoms with Gasteiger partial charge in [-0.2, -0.15) is 0 Å². The first kappa shape index (κ1) is 18.6. The summed E-state index contributed by atoms with van der Waals surface area (Å²) in [4.78, 5) is 38.4. The Morgan fingerprint density at radius 3 is 2.11 bits per heavy atom. The standard InChI is InChI=1S/C21H23N3O3/c1-13(2)19(24-12-15-6-4-5-7-18(15)21(24)27)20(26)23-17-10-8-16(9-11-17)22-14(3)25/h4-11,13,19H,12H2,1-3H3,(H,22,25)(H,23,26)/t19-/m0/s1. The second-order valence-electron chi connectivity index (χ2n) is 7.03. The van der Waals surface area contributed by atoms with E-state index >= 15 is 0 Å². The number of hydrogen-bond acceptors (Lipinski definition) is 3. The van der Waals surface area contributed by atoms with E-state index in [1.165, 1.54) is 6.92 Å². The SMILES string of the molecule is CC(=O)Nc1ccc(NC(=O)[C@H](C(C)C)N2Cc3ccccc3C2=O)cc1. The third-order valence-electron chi connectivity index (χ3n) is 4.56. The lowest BCUT2D eigenvalue weighted by molar-refractivity contribution is -0.122. The Morgan fingerprint density at radius 2 is 1.56 bits per heavy atom. The van der Waals surface area contributed by atoms with Crippen molar-refractivity contribution < 1.29 is 14.4 Å². The number of fused-ring (bicyclic) bond motifs is 1. The maximum atomic E-state index is 12.9. The van der Waals surface area contributed by atoms with Gasteiger partial charge in [-0.15, -0.1) is 0 Å². The molecule has 27 heavy (non-hydrogen) atoms. The second kappa shape index (κ2) is 7.61. The molecule has 0 radical (unpaired) electrons. The van der Waals surface area contributed by atoms with Crippen LogP contribution in [-0.2, 0) is 16.1 Å². The van der Waals surface area contributed by atoms with Gasteiger partial charge in [0.25, 0.3) is 5.91 Å². The molecule has 0 bridgehead atoms. The maximum Gasteiger partial charge on any atom is 0.255 e. The summed E-state index contributed by atoms with van der Waals surface area (Å²) >= 11 is 0. The minimum atomic E-state index is -0.570. The summed E-state index contributed by atoms with van der Waals surface area (Å²) in [6, 6.07) is 13.8. The molecule has 2 aromatic carbocycles. The van der Waals surface area contributed by atoms with Crippen LogP contribution in [0, 0.1) is 5.92 Å². The molecule has 1 heterocycles. The van der Waals surface area contributed by atoms with Crippen LogP contribution in [0.5, 0.6) is 0 Å². The van der Waals surface area contributed by atoms with E-state index < -0.39 is 6.04 Å². The van der Waals surface area contributed by atoms with Gasteiger partial charge in [-0.05, 0) is 41.8 Å². The van der Waals surface area contributed by atoms with Crippen molar-refractivity contribution in [3.63, 3.8) is 0 Å². The van der Waals surface area contributed by atoms with Crippen molar-refractivity contribution in [1.29, 1.82) is 0 Å². The lowest BCUT2D eigenvalue weighted by Gasteiger charge is -2.30. The van der Waals surface area contributed by atoms with Crippen LogP contribution >= 0.6 is 0 Å². The number of nitrogens with one attached hydrogen (secondary N) is 2. The van der Waals surface area contributed by atoms with Gasteiger partial charge in [0.05, 0.1) is 0 Å². The van der Waals surface area contributed by atoms with Gasteiger partial charge in [-0.3, -0.25) is 14.4 Å². The highest BCUT2D eigenvalue weighted by Gasteiger charge is 2.37. The van der Waals surface area contributed by atoms with Crippen molar-refractivity contribution in [3.8, 4) is 0 Å². The van der Waals surface area contributed by atoms with Crippen molar-refractivity contribution >= 4 is 29.1 Å². The predicted octanol–water partition coefficient (Wildman–Crippen LogP) is 3.26. The van der Waals surface area contributed by atoms with E-state index in [-0.39, 0.29) is 23.6 Å². The van der Waals surface area contributed by atoms with E-state index in [4.69, 9.17) is 0 Å². The highest BCUT2D eigenvalue weighted by atomic mass is 16.2. The van der Waals surface area contributed by atoms with Crippen LogP contribution in [0.4, 0.5) is 11.4 Å². The van der Waals surface area contributed by atoms with Crippen LogP contribution < -0.4 is 10.6 Å². The van der Waals surface area contributed by atoms with Gasteiger partial charge in [0.2, 0.25) is 11.8 Å². The van der Waals surface area contributed by atoms with E-state index in [0.717, 1.165) is 5.56 Å². The molecule has 2 aromatic rings. The number of rotatable bonds is 5. The van der Waals surface area contributed by atoms with Gasteiger partial charge in [-0.25, -0.2) is 0 Å². The fourth-order valence-corrected chi connectivity index (χ4v) is 3.36. The molecule has 3 rings (SSSR count). The number of benzene rings is 2. The largest absolute Gasteiger partial charge is 0.326 e. The van der Waals surface area contributed by atoms with E-state index in [1.54, 1.807) is 35.2 Å². The molecule has 1 aliphatic rings. The molecule has 0 aliphatic carbocycles. The third-order valence-corrected chi connectivity index (χ3v) is 4.56.